The molecule has 156 valence electrons. The van der Waals surface area contributed by atoms with Crippen molar-refractivity contribution in [1.29, 1.82) is 0 Å². The van der Waals surface area contributed by atoms with Crippen molar-refractivity contribution in [2.24, 2.45) is 5.92 Å². The molecule has 3 heterocycles. The summed E-state index contributed by atoms with van der Waals surface area (Å²) in [5.74, 6) is 0.763. The molecule has 1 amide bonds. The Balaban J connectivity index is 1.46. The first-order valence-electron chi connectivity index (χ1n) is 10.6. The molecule has 2 aromatic rings. The van der Waals surface area contributed by atoms with Crippen LogP contribution in [0.25, 0.3) is 15.8 Å². The third-order valence-electron chi connectivity index (χ3n) is 5.61. The Labute approximate surface area is 177 Å². The van der Waals surface area contributed by atoms with Crippen LogP contribution in [0.5, 0.6) is 0 Å². The Hall–Kier alpha value is -1.92. The van der Waals surface area contributed by atoms with Crippen molar-refractivity contribution >= 4 is 33.2 Å². The van der Waals surface area contributed by atoms with Crippen LogP contribution in [-0.4, -0.2) is 41.2 Å². The highest BCUT2D eigenvalue weighted by Crippen LogP contribution is 2.33. The summed E-state index contributed by atoms with van der Waals surface area (Å²) >= 11 is 1.74. The van der Waals surface area contributed by atoms with E-state index >= 15 is 0 Å². The topological polar surface area (TPSA) is 54.5 Å². The molecule has 0 aliphatic carbocycles. The zero-order chi connectivity index (χ0) is 20.6. The highest BCUT2D eigenvalue weighted by molar-refractivity contribution is 7.19. The van der Waals surface area contributed by atoms with Crippen LogP contribution in [-0.2, 0) is 4.74 Å². The SMILES string of the molecule is CC1CCC(c2ccc3sc(C4=CCN(C(=O)OC(C)(C)C)CC4)nc3c2)NC1. The number of thiazole rings is 1. The van der Waals surface area contributed by atoms with Crippen LogP contribution >= 0.6 is 11.3 Å². The summed E-state index contributed by atoms with van der Waals surface area (Å²) in [4.78, 5) is 18.9. The Kier molecular flexibility index (Phi) is 5.67. The van der Waals surface area contributed by atoms with Gasteiger partial charge in [-0.3, -0.25) is 0 Å². The van der Waals surface area contributed by atoms with E-state index in [9.17, 15) is 4.79 Å². The minimum absolute atomic E-state index is 0.240. The van der Waals surface area contributed by atoms with E-state index in [4.69, 9.17) is 9.72 Å². The number of piperidine rings is 1. The molecule has 2 unspecified atom stereocenters. The number of hydrogen-bond donors (Lipinski definition) is 1. The van der Waals surface area contributed by atoms with Crippen LogP contribution in [0.2, 0.25) is 0 Å². The normalized spacial score (nSPS) is 23.2. The highest BCUT2D eigenvalue weighted by Gasteiger charge is 2.25. The molecule has 1 aromatic heterocycles. The summed E-state index contributed by atoms with van der Waals surface area (Å²) in [6, 6.07) is 7.15. The number of rotatable bonds is 2. The van der Waals surface area contributed by atoms with Gasteiger partial charge in [-0.1, -0.05) is 19.1 Å². The number of hydrogen-bond acceptors (Lipinski definition) is 5. The van der Waals surface area contributed by atoms with Gasteiger partial charge in [0.2, 0.25) is 0 Å². The van der Waals surface area contributed by atoms with Crippen LogP contribution in [0.3, 0.4) is 0 Å². The monoisotopic (exact) mass is 413 g/mol. The standard InChI is InChI=1S/C23H31N3O2S/c1-15-5-7-18(24-14-15)17-6-8-20-19(13-17)25-21(29-20)16-9-11-26(12-10-16)22(27)28-23(2,3)4/h6,8-9,13,15,18,24H,5,7,10-12,14H2,1-4H3. The van der Waals surface area contributed by atoms with Crippen LogP contribution in [0, 0.1) is 5.92 Å². The first-order valence-corrected chi connectivity index (χ1v) is 11.4. The summed E-state index contributed by atoms with van der Waals surface area (Å²) in [5.41, 5.74) is 3.20. The van der Waals surface area contributed by atoms with E-state index in [2.05, 4.69) is 36.5 Å². The second-order valence-electron chi connectivity index (χ2n) is 9.30. The van der Waals surface area contributed by atoms with E-state index in [1.54, 1.807) is 16.2 Å². The minimum atomic E-state index is -0.461. The van der Waals surface area contributed by atoms with E-state index in [1.807, 2.05) is 20.8 Å². The molecule has 0 bridgehead atoms. The predicted molar refractivity (Wildman–Crippen MR) is 119 cm³/mol. The first kappa shape index (κ1) is 20.4. The maximum absolute atomic E-state index is 12.3. The number of nitrogens with zero attached hydrogens (tertiary/aromatic N) is 2. The van der Waals surface area contributed by atoms with Crippen molar-refractivity contribution in [3.63, 3.8) is 0 Å². The molecule has 2 aliphatic heterocycles. The Bertz CT molecular complexity index is 920. The average Bonchev–Trinajstić information content (AvgIpc) is 3.11. The predicted octanol–water partition coefficient (Wildman–Crippen LogP) is 5.38. The maximum atomic E-state index is 12.3. The van der Waals surface area contributed by atoms with Gasteiger partial charge in [0.25, 0.3) is 0 Å². The number of carbonyl (C=O) groups excluding carboxylic acids is 1. The maximum Gasteiger partial charge on any atom is 0.410 e. The van der Waals surface area contributed by atoms with E-state index in [1.165, 1.54) is 28.7 Å². The lowest BCUT2D eigenvalue weighted by Gasteiger charge is -2.29. The van der Waals surface area contributed by atoms with Crippen LogP contribution in [0.15, 0.2) is 24.3 Å². The second kappa shape index (κ2) is 8.07. The number of fused-ring (bicyclic) bond motifs is 1. The summed E-state index contributed by atoms with van der Waals surface area (Å²) in [6.07, 6.45) is 5.16. The van der Waals surface area contributed by atoms with E-state index in [0.717, 1.165) is 29.4 Å². The average molecular weight is 414 g/mol. The molecule has 29 heavy (non-hydrogen) atoms. The van der Waals surface area contributed by atoms with Crippen molar-refractivity contribution in [2.45, 2.75) is 58.6 Å². The largest absolute Gasteiger partial charge is 0.444 e. The fraction of sp³-hybridized carbons (Fsp3) is 0.565. The molecule has 5 nitrogen and oxygen atoms in total. The second-order valence-corrected chi connectivity index (χ2v) is 10.3. The van der Waals surface area contributed by atoms with Crippen molar-refractivity contribution in [3.05, 3.63) is 34.8 Å². The lowest BCUT2D eigenvalue weighted by molar-refractivity contribution is 0.0270. The van der Waals surface area contributed by atoms with Crippen LogP contribution in [0.1, 0.15) is 63.6 Å². The molecule has 1 N–H and O–H groups in total. The van der Waals surface area contributed by atoms with Gasteiger partial charge in [-0.15, -0.1) is 11.3 Å². The zero-order valence-corrected chi connectivity index (χ0v) is 18.6. The minimum Gasteiger partial charge on any atom is -0.444 e. The van der Waals surface area contributed by atoms with Gasteiger partial charge in [0, 0.05) is 19.1 Å². The van der Waals surface area contributed by atoms with Crippen LogP contribution in [0.4, 0.5) is 4.79 Å². The molecule has 0 radical (unpaired) electrons. The summed E-state index contributed by atoms with van der Waals surface area (Å²) in [7, 11) is 0. The van der Waals surface area contributed by atoms with Crippen molar-refractivity contribution < 1.29 is 9.53 Å². The Morgan fingerprint density at radius 2 is 2.14 bits per heavy atom. The number of ether oxygens (including phenoxy) is 1. The van der Waals surface area contributed by atoms with Gasteiger partial charge >= 0.3 is 6.09 Å². The van der Waals surface area contributed by atoms with Crippen molar-refractivity contribution in [2.75, 3.05) is 19.6 Å². The molecule has 1 saturated heterocycles. The lowest BCUT2D eigenvalue weighted by atomic mass is 9.92. The third-order valence-corrected chi connectivity index (χ3v) is 6.72. The molecule has 2 atom stereocenters. The quantitative estimate of drug-likeness (QED) is 0.718. The van der Waals surface area contributed by atoms with E-state index < -0.39 is 5.60 Å². The molecule has 4 rings (SSSR count). The molecule has 1 aromatic carbocycles. The molecule has 1 fully saturated rings. The Morgan fingerprint density at radius 1 is 1.31 bits per heavy atom. The lowest BCUT2D eigenvalue weighted by Crippen LogP contribution is -2.39. The van der Waals surface area contributed by atoms with Gasteiger partial charge in [-0.05, 0) is 75.8 Å². The summed E-state index contributed by atoms with van der Waals surface area (Å²) in [6.45, 7) is 10.3. The van der Waals surface area contributed by atoms with E-state index in [-0.39, 0.29) is 6.09 Å². The van der Waals surface area contributed by atoms with Gasteiger partial charge in [0.1, 0.15) is 10.6 Å². The number of aromatic nitrogens is 1. The molecule has 0 saturated carbocycles. The summed E-state index contributed by atoms with van der Waals surface area (Å²) < 4.78 is 6.71. The molecular weight excluding hydrogens is 382 g/mol. The fourth-order valence-electron chi connectivity index (χ4n) is 3.94. The smallest absolute Gasteiger partial charge is 0.410 e. The zero-order valence-electron chi connectivity index (χ0n) is 17.8. The van der Waals surface area contributed by atoms with Gasteiger partial charge < -0.3 is 15.0 Å². The van der Waals surface area contributed by atoms with Crippen LogP contribution < -0.4 is 5.32 Å². The Morgan fingerprint density at radius 3 is 2.79 bits per heavy atom. The number of nitrogens with one attached hydrogen (secondary N) is 1. The number of carbonyl (C=O) groups is 1. The molecule has 0 spiro atoms. The van der Waals surface area contributed by atoms with Gasteiger partial charge in [-0.25, -0.2) is 9.78 Å². The number of benzene rings is 1. The summed E-state index contributed by atoms with van der Waals surface area (Å²) in [5, 5.41) is 4.74. The van der Waals surface area contributed by atoms with E-state index in [0.29, 0.717) is 19.1 Å². The highest BCUT2D eigenvalue weighted by atomic mass is 32.1. The van der Waals surface area contributed by atoms with Crippen molar-refractivity contribution in [3.8, 4) is 0 Å². The van der Waals surface area contributed by atoms with Gasteiger partial charge in [-0.2, -0.15) is 0 Å². The fourth-order valence-corrected chi connectivity index (χ4v) is 4.95. The molecule has 6 heteroatoms. The first-order chi connectivity index (χ1) is 13.8. The van der Waals surface area contributed by atoms with Gasteiger partial charge in [0.05, 0.1) is 10.2 Å². The third kappa shape index (κ3) is 4.81. The molecular formula is C23H31N3O2S. The number of amides is 1. The molecule has 2 aliphatic rings. The van der Waals surface area contributed by atoms with Crippen molar-refractivity contribution in [1.82, 2.24) is 15.2 Å². The van der Waals surface area contributed by atoms with Gasteiger partial charge in [0.15, 0.2) is 0 Å².